The minimum absolute atomic E-state index is 0.0856. The number of ether oxygens (including phenoxy) is 4. The smallest absolute Gasteiger partial charge is 0.453 e. The van der Waals surface area contributed by atoms with Crippen LogP contribution in [0.2, 0.25) is 25.7 Å². The van der Waals surface area contributed by atoms with Crippen LogP contribution in [0.15, 0.2) is 42.6 Å². The van der Waals surface area contributed by atoms with E-state index in [9.17, 15) is 18.0 Å². The Morgan fingerprint density at radius 2 is 1.63 bits per heavy atom. The first-order chi connectivity index (χ1) is 21.5. The van der Waals surface area contributed by atoms with Crippen LogP contribution < -0.4 is 4.74 Å². The predicted octanol–water partition coefficient (Wildman–Crippen LogP) is 7.63. The van der Waals surface area contributed by atoms with Crippen LogP contribution in [0, 0.1) is 5.41 Å². The molecule has 3 aromatic rings. The van der Waals surface area contributed by atoms with Gasteiger partial charge in [0.2, 0.25) is 5.88 Å². The number of esters is 1. The van der Waals surface area contributed by atoms with Crippen molar-refractivity contribution >= 4 is 14.0 Å². The Labute approximate surface area is 269 Å². The highest BCUT2D eigenvalue weighted by Crippen LogP contribution is 2.40. The Morgan fingerprint density at radius 1 is 1.00 bits per heavy atom. The van der Waals surface area contributed by atoms with Crippen molar-refractivity contribution in [3.63, 3.8) is 0 Å². The van der Waals surface area contributed by atoms with E-state index in [-0.39, 0.29) is 24.6 Å². The zero-order valence-electron chi connectivity index (χ0n) is 27.7. The van der Waals surface area contributed by atoms with Crippen molar-refractivity contribution in [2.24, 2.45) is 5.41 Å². The minimum atomic E-state index is -4.67. The molecule has 1 saturated carbocycles. The number of halogens is 3. The van der Waals surface area contributed by atoms with Crippen LogP contribution in [0.4, 0.5) is 13.2 Å². The van der Waals surface area contributed by atoms with Crippen molar-refractivity contribution in [1.29, 1.82) is 0 Å². The van der Waals surface area contributed by atoms with Gasteiger partial charge in [-0.3, -0.25) is 4.79 Å². The van der Waals surface area contributed by atoms with E-state index in [1.54, 1.807) is 43.6 Å². The predicted molar refractivity (Wildman–Crippen MR) is 171 cm³/mol. The summed E-state index contributed by atoms with van der Waals surface area (Å²) in [6.45, 7) is 12.8. The highest BCUT2D eigenvalue weighted by Gasteiger charge is 2.45. The lowest BCUT2D eigenvalue weighted by Crippen LogP contribution is -2.45. The van der Waals surface area contributed by atoms with Gasteiger partial charge in [0.1, 0.15) is 18.4 Å². The summed E-state index contributed by atoms with van der Waals surface area (Å²) in [7, 11) is 0.240. The molecule has 46 heavy (non-hydrogen) atoms. The number of rotatable bonds is 12. The molecule has 0 amide bonds. The molecule has 9 nitrogen and oxygen atoms in total. The second-order valence-corrected chi connectivity index (χ2v) is 19.7. The monoisotopic (exact) mass is 662 g/mol. The van der Waals surface area contributed by atoms with Gasteiger partial charge >= 0.3 is 12.1 Å². The maximum atomic E-state index is 13.4. The van der Waals surface area contributed by atoms with E-state index in [0.29, 0.717) is 50.3 Å². The van der Waals surface area contributed by atoms with E-state index < -0.39 is 31.1 Å². The first-order valence-corrected chi connectivity index (χ1v) is 19.2. The van der Waals surface area contributed by atoms with Crippen LogP contribution in [0.1, 0.15) is 52.3 Å². The van der Waals surface area contributed by atoms with Gasteiger partial charge in [0.15, 0.2) is 5.82 Å². The van der Waals surface area contributed by atoms with Gasteiger partial charge in [-0.05, 0) is 64.1 Å². The third kappa shape index (κ3) is 9.61. The molecule has 1 fully saturated rings. The largest absolute Gasteiger partial charge is 0.474 e. The first-order valence-electron chi connectivity index (χ1n) is 15.5. The molecule has 13 heteroatoms. The standard InChI is InChI=1S/C33H45F3N4O5Si/c1-31(2,3)45-30(41)32(21-42-4)16-14-26(15-17-32)44-27-13-12-25(20-37-27)23-8-10-24(11-9-23)28-38-29(33(34,35)36)39-40(28)22-43-18-19-46(5,6)7/h8-13,20,26H,14-19,21-22H2,1-7H3/t26-,32-. The van der Waals surface area contributed by atoms with Crippen molar-refractivity contribution in [3.8, 4) is 28.4 Å². The van der Waals surface area contributed by atoms with Crippen LogP contribution in [0.5, 0.6) is 5.88 Å². The van der Waals surface area contributed by atoms with E-state index in [4.69, 9.17) is 18.9 Å². The molecule has 0 N–H and O–H groups in total. The fraction of sp³-hybridized carbons (Fsp3) is 0.576. The average Bonchev–Trinajstić information content (AvgIpc) is 3.41. The van der Waals surface area contributed by atoms with E-state index in [1.165, 1.54) is 0 Å². The Hall–Kier alpha value is -3.29. The molecule has 252 valence electrons. The molecule has 0 radical (unpaired) electrons. The number of aromatic nitrogens is 4. The molecular formula is C33H45F3N4O5Si. The fourth-order valence-electron chi connectivity index (χ4n) is 5.23. The molecule has 4 rings (SSSR count). The van der Waals surface area contributed by atoms with Crippen molar-refractivity contribution < 1.29 is 36.9 Å². The third-order valence-electron chi connectivity index (χ3n) is 7.78. The molecule has 2 heterocycles. The van der Waals surface area contributed by atoms with Crippen LogP contribution in [-0.2, 0) is 31.9 Å². The van der Waals surface area contributed by atoms with Gasteiger partial charge in [-0.25, -0.2) is 14.6 Å². The number of pyridine rings is 1. The van der Waals surface area contributed by atoms with Crippen molar-refractivity contribution in [2.45, 2.75) is 96.8 Å². The van der Waals surface area contributed by atoms with Gasteiger partial charge in [-0.1, -0.05) is 43.9 Å². The van der Waals surface area contributed by atoms with E-state index >= 15 is 0 Å². The zero-order valence-corrected chi connectivity index (χ0v) is 28.7. The van der Waals surface area contributed by atoms with Crippen LogP contribution in [0.25, 0.3) is 22.5 Å². The highest BCUT2D eigenvalue weighted by atomic mass is 28.3. The summed E-state index contributed by atoms with van der Waals surface area (Å²) in [5, 5.41) is 3.68. The summed E-state index contributed by atoms with van der Waals surface area (Å²) < 4.78 is 64.4. The van der Waals surface area contributed by atoms with Crippen molar-refractivity contribution in [2.75, 3.05) is 20.3 Å². The second-order valence-electron chi connectivity index (χ2n) is 14.1. The maximum absolute atomic E-state index is 13.4. The lowest BCUT2D eigenvalue weighted by atomic mass is 9.73. The summed E-state index contributed by atoms with van der Waals surface area (Å²) in [5.74, 6) is -0.876. The SMILES string of the molecule is COC[C@]1(C(=O)OC(C)(C)C)CC[C@H](Oc2ccc(-c3ccc(-c4nc(C(F)(F)F)nn4COCC[Si](C)(C)C)cc3)cn2)CC1. The van der Waals surface area contributed by atoms with Gasteiger partial charge in [0.05, 0.1) is 12.0 Å². The van der Waals surface area contributed by atoms with Gasteiger partial charge in [0.25, 0.3) is 5.82 Å². The highest BCUT2D eigenvalue weighted by molar-refractivity contribution is 6.76. The molecule has 1 aliphatic carbocycles. The first kappa shape index (κ1) is 35.6. The number of benzene rings is 1. The lowest BCUT2D eigenvalue weighted by molar-refractivity contribution is -0.175. The van der Waals surface area contributed by atoms with Gasteiger partial charge in [0, 0.05) is 45.2 Å². The molecular weight excluding hydrogens is 617 g/mol. The average molecular weight is 663 g/mol. The number of methoxy groups -OCH3 is 1. The van der Waals surface area contributed by atoms with Crippen molar-refractivity contribution in [1.82, 2.24) is 19.7 Å². The zero-order chi connectivity index (χ0) is 33.8. The van der Waals surface area contributed by atoms with E-state index in [1.807, 2.05) is 26.8 Å². The lowest BCUT2D eigenvalue weighted by Gasteiger charge is -2.39. The topological polar surface area (TPSA) is 97.6 Å². The van der Waals surface area contributed by atoms with Crippen molar-refractivity contribution in [3.05, 3.63) is 48.4 Å². The molecule has 0 unspecified atom stereocenters. The second kappa shape index (κ2) is 14.2. The molecule has 0 bridgehead atoms. The summed E-state index contributed by atoms with van der Waals surface area (Å²) in [5.41, 5.74) is 0.874. The molecule has 0 aliphatic heterocycles. The summed E-state index contributed by atoms with van der Waals surface area (Å²) in [6.07, 6.45) is -0.560. The quantitative estimate of drug-likeness (QED) is 0.111. The molecule has 1 aliphatic rings. The summed E-state index contributed by atoms with van der Waals surface area (Å²) in [4.78, 5) is 21.3. The molecule has 0 saturated heterocycles. The molecule has 2 aromatic heterocycles. The normalized spacial score (nSPS) is 19.2. The van der Waals surface area contributed by atoms with Gasteiger partial charge in [-0.2, -0.15) is 13.2 Å². The van der Waals surface area contributed by atoms with Gasteiger partial charge < -0.3 is 18.9 Å². The molecule has 0 spiro atoms. The number of hydrogen-bond acceptors (Lipinski definition) is 8. The van der Waals surface area contributed by atoms with Crippen LogP contribution in [-0.4, -0.2) is 65.8 Å². The number of carbonyl (C=O) groups is 1. The number of nitrogens with zero attached hydrogens (tertiary/aromatic N) is 4. The summed E-state index contributed by atoms with van der Waals surface area (Å²) in [6, 6.07) is 11.6. The van der Waals surface area contributed by atoms with E-state index in [2.05, 4.69) is 34.7 Å². The fourth-order valence-corrected chi connectivity index (χ4v) is 5.99. The Kier molecular flexibility index (Phi) is 11.0. The maximum Gasteiger partial charge on any atom is 0.453 e. The Morgan fingerprint density at radius 3 is 2.17 bits per heavy atom. The Balaban J connectivity index is 1.40. The van der Waals surface area contributed by atoms with Crippen LogP contribution in [0.3, 0.4) is 0 Å². The third-order valence-corrected chi connectivity index (χ3v) is 9.48. The number of hydrogen-bond donors (Lipinski definition) is 0. The molecule has 0 atom stereocenters. The van der Waals surface area contributed by atoms with Crippen LogP contribution >= 0.6 is 0 Å². The number of carbonyl (C=O) groups excluding carboxylic acids is 1. The summed E-state index contributed by atoms with van der Waals surface area (Å²) >= 11 is 0. The van der Waals surface area contributed by atoms with E-state index in [0.717, 1.165) is 21.9 Å². The number of alkyl halides is 3. The molecule has 1 aromatic carbocycles. The Bertz CT molecular complexity index is 1440. The van der Waals surface area contributed by atoms with Gasteiger partial charge in [-0.15, -0.1) is 5.10 Å². The minimum Gasteiger partial charge on any atom is -0.474 e.